The van der Waals surface area contributed by atoms with Crippen molar-refractivity contribution in [1.29, 1.82) is 0 Å². The monoisotopic (exact) mass is 336 g/mol. The molecule has 0 spiro atoms. The van der Waals surface area contributed by atoms with E-state index in [-0.39, 0.29) is 12.4 Å². The molecule has 2 N–H and O–H groups in total. The average molecular weight is 337 g/mol. The summed E-state index contributed by atoms with van der Waals surface area (Å²) in [6, 6.07) is 4.27. The molecule has 0 unspecified atom stereocenters. The lowest BCUT2D eigenvalue weighted by Crippen LogP contribution is -3.00. The van der Waals surface area contributed by atoms with Gasteiger partial charge in [0, 0.05) is 18.5 Å². The summed E-state index contributed by atoms with van der Waals surface area (Å²) >= 11 is 0. The molecule has 3 heterocycles. The predicted octanol–water partition coefficient (Wildman–Crippen LogP) is -0.972. The highest BCUT2D eigenvalue weighted by Crippen LogP contribution is 2.30. The largest absolute Gasteiger partial charge is 1.00 e. The van der Waals surface area contributed by atoms with Crippen molar-refractivity contribution in [2.24, 2.45) is 0 Å². The van der Waals surface area contributed by atoms with Gasteiger partial charge in [0.1, 0.15) is 18.8 Å². The van der Waals surface area contributed by atoms with Crippen LogP contribution in [0.4, 0.5) is 5.69 Å². The number of ether oxygens (including phenoxy) is 1. The molecule has 2 aliphatic rings. The number of nitrogen functional groups attached to an aromatic ring is 1. The first-order valence-corrected chi connectivity index (χ1v) is 8.42. The highest BCUT2D eigenvalue weighted by Gasteiger charge is 2.27. The molecule has 0 amide bonds. The van der Waals surface area contributed by atoms with Gasteiger partial charge in [-0.1, -0.05) is 6.07 Å². The SMILES string of the molecule is C[N+]1(CCOc2nn3c4c(ccc3c2N)CCC4)CCCC1.[Cl-]. The molecule has 126 valence electrons. The van der Waals surface area contributed by atoms with E-state index in [4.69, 9.17) is 10.5 Å². The van der Waals surface area contributed by atoms with Crippen LogP contribution >= 0.6 is 0 Å². The zero-order chi connectivity index (χ0) is 15.2. The molecular formula is C17H25ClN4O. The van der Waals surface area contributed by atoms with Gasteiger partial charge in [0.05, 0.1) is 25.7 Å². The number of nitrogens with zero attached hydrogens (tertiary/aromatic N) is 3. The van der Waals surface area contributed by atoms with Crippen molar-refractivity contribution in [3.8, 4) is 5.88 Å². The second kappa shape index (κ2) is 6.21. The number of likely N-dealkylation sites (N-methyl/N-ethyl adjacent to an activating group) is 1. The Kier molecular flexibility index (Phi) is 4.43. The number of aryl methyl sites for hydroxylation is 2. The molecule has 1 aliphatic carbocycles. The highest BCUT2D eigenvalue weighted by atomic mass is 35.5. The molecule has 2 aromatic rings. The molecular weight excluding hydrogens is 312 g/mol. The summed E-state index contributed by atoms with van der Waals surface area (Å²) < 4.78 is 9.05. The average Bonchev–Trinajstić information content (AvgIpc) is 3.20. The summed E-state index contributed by atoms with van der Waals surface area (Å²) in [5.41, 5.74) is 10.6. The molecule has 1 saturated heterocycles. The standard InChI is InChI=1S/C17H25N4O.ClH/c1-21(9-2-3-10-21)11-12-22-17-16(18)15-8-7-13-5-4-6-14(13)20(15)19-17;/h7-8H,2-6,9-12,18H2,1H3;1H/q+1;/p-1. The molecule has 1 fully saturated rings. The number of hydrogen-bond acceptors (Lipinski definition) is 3. The third-order valence-corrected chi connectivity index (χ3v) is 5.37. The topological polar surface area (TPSA) is 52.5 Å². The Morgan fingerprint density at radius 1 is 1.22 bits per heavy atom. The first-order chi connectivity index (χ1) is 10.7. The van der Waals surface area contributed by atoms with E-state index < -0.39 is 0 Å². The van der Waals surface area contributed by atoms with Crippen molar-refractivity contribution in [3.05, 3.63) is 23.4 Å². The van der Waals surface area contributed by atoms with E-state index in [9.17, 15) is 0 Å². The number of halogens is 1. The minimum absolute atomic E-state index is 0. The summed E-state index contributed by atoms with van der Waals surface area (Å²) in [7, 11) is 2.32. The Labute approximate surface area is 143 Å². The number of anilines is 1. The van der Waals surface area contributed by atoms with Gasteiger partial charge < -0.3 is 27.4 Å². The highest BCUT2D eigenvalue weighted by molar-refractivity contribution is 5.75. The van der Waals surface area contributed by atoms with Crippen molar-refractivity contribution < 1.29 is 21.6 Å². The number of likely N-dealkylation sites (tertiary alicyclic amines) is 1. The fourth-order valence-corrected chi connectivity index (χ4v) is 3.93. The number of hydrogen-bond donors (Lipinski definition) is 1. The van der Waals surface area contributed by atoms with Gasteiger partial charge in [0.25, 0.3) is 5.88 Å². The maximum absolute atomic E-state index is 6.25. The molecule has 0 aromatic carbocycles. The summed E-state index contributed by atoms with van der Waals surface area (Å²) in [5, 5.41) is 4.63. The maximum atomic E-state index is 6.25. The van der Waals surface area contributed by atoms with Crippen LogP contribution < -0.4 is 22.9 Å². The van der Waals surface area contributed by atoms with E-state index in [0.717, 1.165) is 29.4 Å². The Morgan fingerprint density at radius 3 is 2.78 bits per heavy atom. The molecule has 0 radical (unpaired) electrons. The molecule has 0 atom stereocenters. The first-order valence-electron chi connectivity index (χ1n) is 8.42. The third-order valence-electron chi connectivity index (χ3n) is 5.37. The van der Waals surface area contributed by atoms with Crippen LogP contribution in [0.3, 0.4) is 0 Å². The second-order valence-corrected chi connectivity index (χ2v) is 7.02. The molecule has 1 aliphatic heterocycles. The van der Waals surface area contributed by atoms with E-state index in [2.05, 4.69) is 24.3 Å². The molecule has 23 heavy (non-hydrogen) atoms. The van der Waals surface area contributed by atoms with Crippen molar-refractivity contribution in [3.63, 3.8) is 0 Å². The van der Waals surface area contributed by atoms with Gasteiger partial charge in [0.15, 0.2) is 0 Å². The number of quaternary nitrogens is 1. The minimum atomic E-state index is 0. The summed E-state index contributed by atoms with van der Waals surface area (Å²) in [4.78, 5) is 0. The smallest absolute Gasteiger partial charge is 0.257 e. The first kappa shape index (κ1) is 16.4. The summed E-state index contributed by atoms with van der Waals surface area (Å²) in [5.74, 6) is 0.603. The predicted molar refractivity (Wildman–Crippen MR) is 87.1 cm³/mol. The van der Waals surface area contributed by atoms with Crippen molar-refractivity contribution in [2.45, 2.75) is 32.1 Å². The van der Waals surface area contributed by atoms with Crippen molar-refractivity contribution >= 4 is 11.2 Å². The van der Waals surface area contributed by atoms with Gasteiger partial charge in [-0.25, -0.2) is 4.52 Å². The minimum Gasteiger partial charge on any atom is -1.00 e. The van der Waals surface area contributed by atoms with E-state index in [0.29, 0.717) is 18.2 Å². The number of aromatic nitrogens is 2. The molecule has 2 aromatic heterocycles. The van der Waals surface area contributed by atoms with E-state index in [1.54, 1.807) is 0 Å². The Hall–Kier alpha value is -1.46. The fourth-order valence-electron chi connectivity index (χ4n) is 3.93. The summed E-state index contributed by atoms with van der Waals surface area (Å²) in [6.45, 7) is 4.24. The van der Waals surface area contributed by atoms with Crippen LogP contribution in [0.5, 0.6) is 5.88 Å². The van der Waals surface area contributed by atoms with Gasteiger partial charge in [0.2, 0.25) is 0 Å². The number of rotatable bonds is 4. The maximum Gasteiger partial charge on any atom is 0.257 e. The Balaban J connectivity index is 0.00000156. The molecule has 6 heteroatoms. The number of nitrogens with two attached hydrogens (primary N) is 1. The van der Waals surface area contributed by atoms with Crippen molar-refractivity contribution in [1.82, 2.24) is 9.61 Å². The van der Waals surface area contributed by atoms with Crippen LogP contribution in [0.25, 0.3) is 5.52 Å². The van der Waals surface area contributed by atoms with Crippen molar-refractivity contribution in [2.75, 3.05) is 39.0 Å². The Bertz CT molecular complexity index is 706. The Morgan fingerprint density at radius 2 is 2.00 bits per heavy atom. The normalized spacial score (nSPS) is 18.8. The summed E-state index contributed by atoms with van der Waals surface area (Å²) in [6.07, 6.45) is 6.11. The molecule has 0 bridgehead atoms. The lowest BCUT2D eigenvalue weighted by atomic mass is 10.2. The molecule has 5 nitrogen and oxygen atoms in total. The van der Waals surface area contributed by atoms with E-state index >= 15 is 0 Å². The van der Waals surface area contributed by atoms with Gasteiger partial charge in [-0.05, 0) is 30.9 Å². The lowest BCUT2D eigenvalue weighted by molar-refractivity contribution is -0.897. The van der Waals surface area contributed by atoms with Crippen LogP contribution in [0.2, 0.25) is 0 Å². The zero-order valence-electron chi connectivity index (χ0n) is 13.7. The number of fused-ring (bicyclic) bond motifs is 3. The third kappa shape index (κ3) is 2.88. The van der Waals surface area contributed by atoms with Crippen LogP contribution in [0.1, 0.15) is 30.5 Å². The zero-order valence-corrected chi connectivity index (χ0v) is 14.5. The van der Waals surface area contributed by atoms with Crippen LogP contribution in [0, 0.1) is 0 Å². The quantitative estimate of drug-likeness (QED) is 0.731. The van der Waals surface area contributed by atoms with Gasteiger partial charge in [-0.3, -0.25) is 0 Å². The second-order valence-electron chi connectivity index (χ2n) is 7.02. The molecule has 4 rings (SSSR count). The van der Waals surface area contributed by atoms with Gasteiger partial charge >= 0.3 is 0 Å². The van der Waals surface area contributed by atoms with Gasteiger partial charge in [-0.15, -0.1) is 5.10 Å². The van der Waals surface area contributed by atoms with Crippen LogP contribution in [-0.4, -0.2) is 47.4 Å². The molecule has 0 saturated carbocycles. The van der Waals surface area contributed by atoms with E-state index in [1.165, 1.54) is 43.6 Å². The van der Waals surface area contributed by atoms with E-state index in [1.807, 2.05) is 4.52 Å². The lowest BCUT2D eigenvalue weighted by Gasteiger charge is -2.28. The van der Waals surface area contributed by atoms with Gasteiger partial charge in [-0.2, -0.15) is 0 Å². The fraction of sp³-hybridized carbons (Fsp3) is 0.588. The van der Waals surface area contributed by atoms with Crippen LogP contribution in [0.15, 0.2) is 12.1 Å². The van der Waals surface area contributed by atoms with Crippen LogP contribution in [-0.2, 0) is 12.8 Å². The number of pyridine rings is 1.